The molecule has 0 spiro atoms. The van der Waals surface area contributed by atoms with Gasteiger partial charge in [-0.25, -0.2) is 9.28 Å². The fraction of sp³-hybridized carbons (Fsp3) is 0.452. The monoisotopic (exact) mass is 572 g/mol. The van der Waals surface area contributed by atoms with Crippen LogP contribution in [-0.2, 0) is 17.2 Å². The number of nitrogens with zero attached hydrogens (tertiary/aromatic N) is 3. The third-order valence-corrected chi connectivity index (χ3v) is 9.63. The number of morpholine rings is 1. The number of hydrogen-bond donors (Lipinski definition) is 0. The summed E-state index contributed by atoms with van der Waals surface area (Å²) in [6, 6.07) is 8.44. The summed E-state index contributed by atoms with van der Waals surface area (Å²) in [4.78, 5) is 16.7. The number of allylic oxidation sites excluding steroid dienone is 2. The van der Waals surface area contributed by atoms with Gasteiger partial charge >= 0.3 is 18.0 Å². The SMILES string of the molecule is CC1C(C(F)(F)F)=CC=CC1[N+]12C(=O)c3cc(-c4ccccc4)n(CCCN4CCOCC4)c3C(F)(F)C3=CC1C32. The normalized spacial score (nSPS) is 31.9. The van der Waals surface area contributed by atoms with Gasteiger partial charge in [-0.3, -0.25) is 4.90 Å². The van der Waals surface area contributed by atoms with Crippen LogP contribution >= 0.6 is 0 Å². The quantitative estimate of drug-likeness (QED) is 0.193. The van der Waals surface area contributed by atoms with Gasteiger partial charge in [0.15, 0.2) is 12.1 Å². The highest BCUT2D eigenvalue weighted by Gasteiger charge is 2.85. The van der Waals surface area contributed by atoms with Gasteiger partial charge in [-0.1, -0.05) is 49.4 Å². The molecule has 2 aliphatic carbocycles. The van der Waals surface area contributed by atoms with E-state index in [2.05, 4.69) is 4.90 Å². The van der Waals surface area contributed by atoms with E-state index in [4.69, 9.17) is 4.74 Å². The van der Waals surface area contributed by atoms with Gasteiger partial charge in [-0.05, 0) is 30.2 Å². The van der Waals surface area contributed by atoms with Crippen LogP contribution in [0.3, 0.4) is 0 Å². The molecule has 1 aromatic carbocycles. The number of fused-ring (bicyclic) bond motifs is 2. The molecule has 2 saturated heterocycles. The van der Waals surface area contributed by atoms with Crippen LogP contribution in [0.25, 0.3) is 11.3 Å². The Morgan fingerprint density at radius 2 is 1.80 bits per heavy atom. The lowest BCUT2D eigenvalue weighted by Crippen LogP contribution is -2.50. The lowest BCUT2D eigenvalue weighted by Gasteiger charge is -2.33. The molecule has 10 heteroatoms. The van der Waals surface area contributed by atoms with Gasteiger partial charge in [-0.15, -0.1) is 0 Å². The second-order valence-electron chi connectivity index (χ2n) is 11.7. The Morgan fingerprint density at radius 3 is 2.51 bits per heavy atom. The third kappa shape index (κ3) is 3.79. The van der Waals surface area contributed by atoms with Gasteiger partial charge in [-0.2, -0.15) is 22.0 Å². The summed E-state index contributed by atoms with van der Waals surface area (Å²) in [6.07, 6.45) is 1.41. The second-order valence-corrected chi connectivity index (χ2v) is 11.7. The Labute approximate surface area is 234 Å². The number of carbonyl (C=O) groups excluding carboxylic acids is 1. The molecule has 0 N–H and O–H groups in total. The van der Waals surface area contributed by atoms with Crippen molar-refractivity contribution in [3.8, 4) is 11.3 Å². The van der Waals surface area contributed by atoms with Crippen LogP contribution in [0.2, 0.25) is 0 Å². The fourth-order valence-electron chi connectivity index (χ4n) is 7.64. The number of rotatable bonds is 6. The van der Waals surface area contributed by atoms with Crippen molar-refractivity contribution in [3.05, 3.63) is 83.1 Å². The molecule has 5 nitrogen and oxygen atoms in total. The molecule has 41 heavy (non-hydrogen) atoms. The molecule has 2 fully saturated rings. The zero-order chi connectivity index (χ0) is 28.7. The van der Waals surface area contributed by atoms with Crippen molar-refractivity contribution < 1.29 is 36.0 Å². The molecule has 3 aliphatic heterocycles. The molecule has 0 saturated carbocycles. The van der Waals surface area contributed by atoms with E-state index in [0.29, 0.717) is 37.4 Å². The topological polar surface area (TPSA) is 34.5 Å². The van der Waals surface area contributed by atoms with Crippen LogP contribution in [0.5, 0.6) is 0 Å². The van der Waals surface area contributed by atoms with Crippen molar-refractivity contribution in [1.29, 1.82) is 0 Å². The summed E-state index contributed by atoms with van der Waals surface area (Å²) in [5.41, 5.74) is -0.0780. The summed E-state index contributed by atoms with van der Waals surface area (Å²) in [6.45, 7) is 5.26. The van der Waals surface area contributed by atoms with E-state index in [0.717, 1.165) is 19.2 Å². The highest BCUT2D eigenvalue weighted by Crippen LogP contribution is 2.66. The van der Waals surface area contributed by atoms with Crippen LogP contribution in [0, 0.1) is 5.92 Å². The first-order valence-corrected chi connectivity index (χ1v) is 14.2. The minimum absolute atomic E-state index is 0.0838. The largest absolute Gasteiger partial charge is 0.413 e. The van der Waals surface area contributed by atoms with Gasteiger partial charge in [0, 0.05) is 43.4 Å². The van der Waals surface area contributed by atoms with Crippen molar-refractivity contribution in [1.82, 2.24) is 9.47 Å². The Kier molecular flexibility index (Phi) is 6.02. The molecule has 5 aliphatic rings. The van der Waals surface area contributed by atoms with Crippen molar-refractivity contribution >= 4 is 5.91 Å². The summed E-state index contributed by atoms with van der Waals surface area (Å²) in [5.74, 6) is -4.99. The Bertz CT molecular complexity index is 1480. The number of aromatic nitrogens is 1. The summed E-state index contributed by atoms with van der Waals surface area (Å²) in [7, 11) is 0. The Balaban J connectivity index is 1.31. The summed E-state index contributed by atoms with van der Waals surface area (Å²) in [5, 5.41) is 0. The number of carbonyl (C=O) groups is 1. The first-order chi connectivity index (χ1) is 19.6. The predicted molar refractivity (Wildman–Crippen MR) is 142 cm³/mol. The van der Waals surface area contributed by atoms with E-state index in [1.807, 2.05) is 30.3 Å². The average molecular weight is 573 g/mol. The molecule has 4 heterocycles. The summed E-state index contributed by atoms with van der Waals surface area (Å²) >= 11 is 0. The Hall–Kier alpha value is -3.08. The number of halogens is 5. The first kappa shape index (κ1) is 26.8. The number of benzene rings is 1. The molecule has 0 radical (unpaired) electrons. The van der Waals surface area contributed by atoms with E-state index in [1.54, 1.807) is 16.7 Å². The van der Waals surface area contributed by atoms with E-state index < -0.39 is 52.1 Å². The zero-order valence-corrected chi connectivity index (χ0v) is 22.6. The molecule has 0 bridgehead atoms. The molecule has 2 aromatic rings. The molecule has 5 unspecified atom stereocenters. The highest BCUT2D eigenvalue weighted by atomic mass is 19.4. The maximum Gasteiger partial charge on any atom is 0.413 e. The van der Waals surface area contributed by atoms with Gasteiger partial charge in [0.2, 0.25) is 0 Å². The Morgan fingerprint density at radius 1 is 1.07 bits per heavy atom. The average Bonchev–Trinajstić information content (AvgIpc) is 3.25. The molecule has 5 atom stereocenters. The number of alkyl halides is 5. The van der Waals surface area contributed by atoms with Crippen molar-refractivity contribution in [2.24, 2.45) is 5.92 Å². The van der Waals surface area contributed by atoms with Gasteiger partial charge < -0.3 is 9.30 Å². The number of quaternary nitrogens is 1. The van der Waals surface area contributed by atoms with Crippen molar-refractivity contribution in [2.45, 2.75) is 50.1 Å². The molecule has 7 rings (SSSR count). The van der Waals surface area contributed by atoms with Crippen LogP contribution in [0.4, 0.5) is 22.0 Å². The maximum atomic E-state index is 16.5. The number of ether oxygens (including phenoxy) is 1. The summed E-state index contributed by atoms with van der Waals surface area (Å²) < 4.78 is 81.2. The van der Waals surface area contributed by atoms with E-state index in [9.17, 15) is 18.0 Å². The smallest absolute Gasteiger partial charge is 0.379 e. The lowest BCUT2D eigenvalue weighted by molar-refractivity contribution is -0.756. The minimum atomic E-state index is -4.57. The van der Waals surface area contributed by atoms with Gasteiger partial charge in [0.05, 0.1) is 18.8 Å². The number of hydrogen-bond acceptors (Lipinski definition) is 3. The molecule has 1 aromatic heterocycles. The molecular weight excluding hydrogens is 541 g/mol. The minimum Gasteiger partial charge on any atom is -0.379 e. The fourth-order valence-corrected chi connectivity index (χ4v) is 7.64. The third-order valence-electron chi connectivity index (χ3n) is 9.63. The zero-order valence-electron chi connectivity index (χ0n) is 22.6. The van der Waals surface area contributed by atoms with E-state index in [-0.39, 0.29) is 23.4 Å². The lowest BCUT2D eigenvalue weighted by atomic mass is 9.86. The molecular formula is C31H31F5N3O2+. The van der Waals surface area contributed by atoms with Gasteiger partial charge in [0.1, 0.15) is 17.3 Å². The highest BCUT2D eigenvalue weighted by molar-refractivity contribution is 5.96. The van der Waals surface area contributed by atoms with Crippen LogP contribution in [-0.4, -0.2) is 77.0 Å². The van der Waals surface area contributed by atoms with Crippen LogP contribution in [0.1, 0.15) is 29.4 Å². The van der Waals surface area contributed by atoms with E-state index in [1.165, 1.54) is 19.1 Å². The maximum absolute atomic E-state index is 16.5. The predicted octanol–water partition coefficient (Wildman–Crippen LogP) is 5.69. The second kappa shape index (κ2) is 9.21. The molecule has 1 amide bonds. The van der Waals surface area contributed by atoms with Crippen LogP contribution in [0.15, 0.2) is 71.8 Å². The van der Waals surface area contributed by atoms with Gasteiger partial charge in [0.25, 0.3) is 0 Å². The van der Waals surface area contributed by atoms with Crippen LogP contribution < -0.4 is 0 Å². The van der Waals surface area contributed by atoms with Crippen molar-refractivity contribution in [3.63, 3.8) is 0 Å². The number of amides is 1. The van der Waals surface area contributed by atoms with E-state index >= 15 is 8.78 Å². The standard InChI is InChI=1S/C31H31F5N3O2/c1-19-22(31(34,35)36)9-5-10-25(19)39-26-18-23(27(26)39)30(32,33)28-21(29(39)40)17-24(20-7-3-2-4-8-20)38(28)12-6-11-37-13-15-41-16-14-37/h2-5,7-10,17-19,25-27H,6,11-16H2,1H3/q+1. The van der Waals surface area contributed by atoms with Crippen molar-refractivity contribution in [2.75, 3.05) is 32.8 Å². The molecule has 216 valence electrons. The first-order valence-electron chi connectivity index (χ1n) is 14.2.